The smallest absolute Gasteiger partial charge is 0.399 e. The van der Waals surface area contributed by atoms with Crippen LogP contribution in [-0.4, -0.2) is 13.3 Å². The van der Waals surface area contributed by atoms with Crippen LogP contribution in [0.25, 0.3) is 0 Å². The zero-order valence-corrected chi connectivity index (χ0v) is 13.7. The largest absolute Gasteiger partial charge is 0.497 e. The van der Waals surface area contributed by atoms with Gasteiger partial charge in [-0.25, -0.2) is 0 Å². The third-order valence-electron chi connectivity index (χ3n) is 4.36. The minimum absolute atomic E-state index is 0.0951. The van der Waals surface area contributed by atoms with E-state index in [4.69, 9.17) is 27.9 Å². The van der Waals surface area contributed by atoms with Gasteiger partial charge in [-0.1, -0.05) is 29.3 Å². The Bertz CT molecular complexity index is 738. The van der Waals surface area contributed by atoms with Crippen LogP contribution in [0.5, 0.6) is 5.75 Å². The Morgan fingerprint density at radius 2 is 1.57 bits per heavy atom. The molecule has 0 saturated heterocycles. The zero-order valence-electron chi connectivity index (χ0n) is 12.2. The number of methoxy groups -OCH3 is 1. The van der Waals surface area contributed by atoms with E-state index in [0.29, 0.717) is 16.9 Å². The standard InChI is InChI=1S/C17H13Cl2F3O/c1-23-15-3-2-10-8-16(17(20,21)22,9-11(10)4-15)12-5-13(18)7-14(19)6-12/h2-7H,8-9H2,1H3. The average Bonchev–Trinajstić information content (AvgIpc) is 2.85. The van der Waals surface area contributed by atoms with Gasteiger partial charge in [-0.05, 0) is 59.9 Å². The summed E-state index contributed by atoms with van der Waals surface area (Å²) in [6.45, 7) is 0. The van der Waals surface area contributed by atoms with E-state index in [1.807, 2.05) is 0 Å². The molecule has 2 aromatic rings. The highest BCUT2D eigenvalue weighted by atomic mass is 35.5. The van der Waals surface area contributed by atoms with Gasteiger partial charge < -0.3 is 4.74 Å². The number of fused-ring (bicyclic) bond motifs is 1. The lowest BCUT2D eigenvalue weighted by molar-refractivity contribution is -0.188. The van der Waals surface area contributed by atoms with Gasteiger partial charge in [-0.3, -0.25) is 0 Å². The van der Waals surface area contributed by atoms with E-state index in [1.54, 1.807) is 18.2 Å². The summed E-state index contributed by atoms with van der Waals surface area (Å²) in [6.07, 6.45) is -4.71. The van der Waals surface area contributed by atoms with E-state index in [0.717, 1.165) is 0 Å². The first-order valence-corrected chi connectivity index (χ1v) is 7.70. The maximum absolute atomic E-state index is 14.0. The van der Waals surface area contributed by atoms with Gasteiger partial charge in [0.15, 0.2) is 0 Å². The number of ether oxygens (including phenoxy) is 1. The Hall–Kier alpha value is -1.39. The summed E-state index contributed by atoms with van der Waals surface area (Å²) in [7, 11) is 1.49. The van der Waals surface area contributed by atoms with Crippen molar-refractivity contribution < 1.29 is 17.9 Å². The average molecular weight is 361 g/mol. The van der Waals surface area contributed by atoms with Gasteiger partial charge in [-0.15, -0.1) is 0 Å². The molecule has 2 aromatic carbocycles. The SMILES string of the molecule is COc1ccc2c(c1)CC(c1cc(Cl)cc(Cl)c1)(C(F)(F)F)C2. The first-order valence-electron chi connectivity index (χ1n) is 6.94. The van der Waals surface area contributed by atoms with Crippen molar-refractivity contribution in [2.45, 2.75) is 24.4 Å². The van der Waals surface area contributed by atoms with E-state index < -0.39 is 11.6 Å². The van der Waals surface area contributed by atoms with Gasteiger partial charge in [0.05, 0.1) is 12.5 Å². The van der Waals surface area contributed by atoms with Gasteiger partial charge in [0, 0.05) is 10.0 Å². The first-order chi connectivity index (χ1) is 10.7. The number of hydrogen-bond donors (Lipinski definition) is 0. The Balaban J connectivity index is 2.14. The van der Waals surface area contributed by atoms with Gasteiger partial charge in [0.1, 0.15) is 5.75 Å². The van der Waals surface area contributed by atoms with Crippen LogP contribution in [0.2, 0.25) is 10.0 Å². The van der Waals surface area contributed by atoms with Crippen LogP contribution in [0.4, 0.5) is 13.2 Å². The maximum atomic E-state index is 14.0. The minimum atomic E-state index is -4.42. The van der Waals surface area contributed by atoms with E-state index in [2.05, 4.69) is 0 Å². The topological polar surface area (TPSA) is 9.23 Å². The van der Waals surface area contributed by atoms with Crippen LogP contribution in [0.1, 0.15) is 16.7 Å². The van der Waals surface area contributed by atoms with E-state index >= 15 is 0 Å². The molecule has 0 spiro atoms. The minimum Gasteiger partial charge on any atom is -0.497 e. The van der Waals surface area contributed by atoms with Gasteiger partial charge >= 0.3 is 6.18 Å². The fourth-order valence-corrected chi connectivity index (χ4v) is 3.70. The highest BCUT2D eigenvalue weighted by molar-refractivity contribution is 6.34. The summed E-state index contributed by atoms with van der Waals surface area (Å²) in [6, 6.07) is 9.16. The van der Waals surface area contributed by atoms with Gasteiger partial charge in [0.2, 0.25) is 0 Å². The van der Waals surface area contributed by atoms with Gasteiger partial charge in [-0.2, -0.15) is 13.2 Å². The predicted octanol–water partition coefficient (Wildman–Crippen LogP) is 5.60. The lowest BCUT2D eigenvalue weighted by Crippen LogP contribution is -2.43. The monoisotopic (exact) mass is 360 g/mol. The fourth-order valence-electron chi connectivity index (χ4n) is 3.18. The van der Waals surface area contributed by atoms with Crippen molar-refractivity contribution in [2.24, 2.45) is 0 Å². The lowest BCUT2D eigenvalue weighted by atomic mass is 9.77. The second kappa shape index (κ2) is 5.60. The Labute approximate surface area is 142 Å². The Morgan fingerprint density at radius 1 is 0.957 bits per heavy atom. The molecule has 1 unspecified atom stereocenters. The molecule has 1 atom stereocenters. The van der Waals surface area contributed by atoms with Gasteiger partial charge in [0.25, 0.3) is 0 Å². The fraction of sp³-hybridized carbons (Fsp3) is 0.294. The van der Waals surface area contributed by atoms with Crippen molar-refractivity contribution in [1.82, 2.24) is 0 Å². The maximum Gasteiger partial charge on any atom is 0.399 e. The van der Waals surface area contributed by atoms with E-state index in [1.165, 1.54) is 25.3 Å². The van der Waals surface area contributed by atoms with Crippen molar-refractivity contribution in [3.8, 4) is 5.75 Å². The summed E-state index contributed by atoms with van der Waals surface area (Å²) in [4.78, 5) is 0. The van der Waals surface area contributed by atoms with Crippen LogP contribution < -0.4 is 4.74 Å². The van der Waals surface area contributed by atoms with Crippen molar-refractivity contribution in [3.63, 3.8) is 0 Å². The summed E-state index contributed by atoms with van der Waals surface area (Å²) < 4.78 is 47.1. The molecule has 0 radical (unpaired) electrons. The van der Waals surface area contributed by atoms with Crippen molar-refractivity contribution in [1.29, 1.82) is 0 Å². The normalized spacial score (nSPS) is 20.4. The second-order valence-electron chi connectivity index (χ2n) is 5.73. The molecule has 0 aliphatic heterocycles. The molecular formula is C17H13Cl2F3O. The van der Waals surface area contributed by atoms with Crippen LogP contribution >= 0.6 is 23.2 Å². The molecule has 0 bridgehead atoms. The molecule has 1 aliphatic carbocycles. The molecule has 0 N–H and O–H groups in total. The van der Waals surface area contributed by atoms with Crippen molar-refractivity contribution >= 4 is 23.2 Å². The molecule has 3 rings (SSSR count). The number of halogens is 5. The van der Waals surface area contributed by atoms with Crippen LogP contribution in [0, 0.1) is 0 Å². The first kappa shape index (κ1) is 16.5. The molecule has 122 valence electrons. The third-order valence-corrected chi connectivity index (χ3v) is 4.79. The predicted molar refractivity (Wildman–Crippen MR) is 84.6 cm³/mol. The highest BCUT2D eigenvalue weighted by Crippen LogP contribution is 2.51. The molecule has 6 heteroatoms. The molecule has 0 amide bonds. The van der Waals surface area contributed by atoms with Crippen LogP contribution in [-0.2, 0) is 18.3 Å². The highest BCUT2D eigenvalue weighted by Gasteiger charge is 2.58. The summed E-state index contributed by atoms with van der Waals surface area (Å²) in [5.74, 6) is 0.547. The summed E-state index contributed by atoms with van der Waals surface area (Å²) >= 11 is 11.9. The Kier molecular flexibility index (Phi) is 4.01. The van der Waals surface area contributed by atoms with Crippen LogP contribution in [0.3, 0.4) is 0 Å². The molecule has 1 aliphatic rings. The van der Waals surface area contributed by atoms with E-state index in [9.17, 15) is 13.2 Å². The molecule has 0 heterocycles. The molecular weight excluding hydrogens is 348 g/mol. The quantitative estimate of drug-likeness (QED) is 0.677. The third kappa shape index (κ3) is 2.79. The van der Waals surface area contributed by atoms with Crippen molar-refractivity contribution in [3.05, 3.63) is 63.1 Å². The van der Waals surface area contributed by atoms with Crippen LogP contribution in [0.15, 0.2) is 36.4 Å². The molecule has 23 heavy (non-hydrogen) atoms. The lowest BCUT2D eigenvalue weighted by Gasteiger charge is -2.32. The second-order valence-corrected chi connectivity index (χ2v) is 6.60. The summed E-state index contributed by atoms with van der Waals surface area (Å²) in [5, 5.41) is 0.398. The number of alkyl halides is 3. The number of rotatable bonds is 2. The number of hydrogen-bond acceptors (Lipinski definition) is 1. The van der Waals surface area contributed by atoms with E-state index in [-0.39, 0.29) is 28.5 Å². The summed E-state index contributed by atoms with van der Waals surface area (Å²) in [5.41, 5.74) is -0.620. The Morgan fingerprint density at radius 3 is 2.13 bits per heavy atom. The number of benzene rings is 2. The molecule has 1 nitrogen and oxygen atoms in total. The molecule has 0 saturated carbocycles. The molecule has 0 aromatic heterocycles. The zero-order chi connectivity index (χ0) is 16.8. The van der Waals surface area contributed by atoms with Crippen molar-refractivity contribution in [2.75, 3.05) is 7.11 Å². The molecule has 0 fully saturated rings.